The van der Waals surface area contributed by atoms with Crippen molar-refractivity contribution < 1.29 is 19.4 Å². The normalized spacial score (nSPS) is 17.9. The Morgan fingerprint density at radius 1 is 1.50 bits per heavy atom. The van der Waals surface area contributed by atoms with Gasteiger partial charge in [0.05, 0.1) is 18.8 Å². The summed E-state index contributed by atoms with van der Waals surface area (Å²) >= 11 is 0. The van der Waals surface area contributed by atoms with Gasteiger partial charge in [0.1, 0.15) is 5.10 Å². The van der Waals surface area contributed by atoms with Crippen LogP contribution in [0.15, 0.2) is 58.7 Å². The SMILES string of the molecule is C=CCCO/C([O-])=C1/C=CC=C/C1=N\N=[C+]C(=O)OC. The molecule has 1 aliphatic rings. The maximum atomic E-state index is 11.8. The Morgan fingerprint density at radius 3 is 2.95 bits per heavy atom. The van der Waals surface area contributed by atoms with Crippen molar-refractivity contribution in [2.24, 2.45) is 10.2 Å². The third-order valence-corrected chi connectivity index (χ3v) is 2.16. The molecule has 20 heavy (non-hydrogen) atoms. The Kier molecular flexibility index (Phi) is 6.44. The second-order valence-electron chi connectivity index (χ2n) is 3.53. The third kappa shape index (κ3) is 4.88. The molecule has 0 spiro atoms. The number of hydrogen-bond donors (Lipinski definition) is 0. The lowest BCUT2D eigenvalue weighted by Gasteiger charge is -2.18. The summed E-state index contributed by atoms with van der Waals surface area (Å²) in [6.45, 7) is 3.78. The topological polar surface area (TPSA) is 83.3 Å². The van der Waals surface area contributed by atoms with E-state index in [1.807, 2.05) is 6.21 Å². The number of nitrogens with zero attached hydrogens (tertiary/aromatic N) is 2. The summed E-state index contributed by atoms with van der Waals surface area (Å²) in [6, 6.07) is 0. The first-order chi connectivity index (χ1) is 9.69. The van der Waals surface area contributed by atoms with Crippen LogP contribution in [0.3, 0.4) is 0 Å². The fourth-order valence-corrected chi connectivity index (χ4v) is 1.21. The van der Waals surface area contributed by atoms with Gasteiger partial charge in [0, 0.05) is 5.57 Å². The molecule has 0 fully saturated rings. The molecule has 0 aromatic rings. The highest BCUT2D eigenvalue weighted by Crippen LogP contribution is 2.12. The molecule has 0 saturated carbocycles. The first-order valence-corrected chi connectivity index (χ1v) is 5.80. The number of carbonyl (C=O) groups is 1. The molecular weight excluding hydrogens is 260 g/mol. The lowest BCUT2D eigenvalue weighted by molar-refractivity contribution is -0.357. The lowest BCUT2D eigenvalue weighted by atomic mass is 10.1. The highest BCUT2D eigenvalue weighted by molar-refractivity contribution is 6.23. The molecule has 1 aliphatic carbocycles. The minimum absolute atomic E-state index is 0.244. The summed E-state index contributed by atoms with van der Waals surface area (Å²) in [5.41, 5.74) is 0.541. The maximum Gasteiger partial charge on any atom is 0.619 e. The van der Waals surface area contributed by atoms with Crippen LogP contribution in [-0.2, 0) is 14.3 Å². The van der Waals surface area contributed by atoms with E-state index in [1.54, 1.807) is 30.4 Å². The van der Waals surface area contributed by atoms with Crippen molar-refractivity contribution in [1.29, 1.82) is 0 Å². The Hall–Kier alpha value is -2.72. The molecule has 0 unspecified atom stereocenters. The van der Waals surface area contributed by atoms with Crippen LogP contribution in [0, 0.1) is 0 Å². The number of allylic oxidation sites excluding steroid dienone is 5. The third-order valence-electron chi connectivity index (χ3n) is 2.16. The zero-order valence-electron chi connectivity index (χ0n) is 11.0. The summed E-state index contributed by atoms with van der Waals surface area (Å²) < 4.78 is 9.36. The van der Waals surface area contributed by atoms with E-state index in [-0.39, 0.29) is 17.9 Å². The van der Waals surface area contributed by atoms with Crippen molar-refractivity contribution in [2.75, 3.05) is 13.7 Å². The lowest BCUT2D eigenvalue weighted by Crippen LogP contribution is -2.16. The summed E-state index contributed by atoms with van der Waals surface area (Å²) in [4.78, 5) is 10.8. The van der Waals surface area contributed by atoms with E-state index in [0.29, 0.717) is 6.42 Å². The molecule has 0 aromatic heterocycles. The maximum absolute atomic E-state index is 11.8. The Bertz CT molecular complexity index is 513. The van der Waals surface area contributed by atoms with Gasteiger partial charge in [-0.25, -0.2) is 0 Å². The van der Waals surface area contributed by atoms with Gasteiger partial charge in [-0.15, -0.1) is 6.58 Å². The van der Waals surface area contributed by atoms with Crippen LogP contribution >= 0.6 is 0 Å². The molecule has 0 aromatic carbocycles. The Morgan fingerprint density at radius 2 is 2.25 bits per heavy atom. The van der Waals surface area contributed by atoms with Crippen LogP contribution < -0.4 is 5.11 Å². The molecule has 0 aliphatic heterocycles. The second-order valence-corrected chi connectivity index (χ2v) is 3.53. The monoisotopic (exact) mass is 274 g/mol. The van der Waals surface area contributed by atoms with Gasteiger partial charge in [-0.1, -0.05) is 29.4 Å². The molecule has 0 bridgehead atoms. The molecule has 0 amide bonds. The van der Waals surface area contributed by atoms with Crippen molar-refractivity contribution in [3.05, 3.63) is 48.5 Å². The summed E-state index contributed by atoms with van der Waals surface area (Å²) in [7, 11) is 1.20. The number of esters is 1. The highest BCUT2D eigenvalue weighted by atomic mass is 16.6. The first kappa shape index (κ1) is 15.3. The van der Waals surface area contributed by atoms with E-state index >= 15 is 0 Å². The van der Waals surface area contributed by atoms with Gasteiger partial charge >= 0.3 is 12.2 Å². The van der Waals surface area contributed by atoms with Crippen molar-refractivity contribution >= 4 is 17.9 Å². The number of carbonyl (C=O) groups excluding carboxylic acids is 1. The van der Waals surface area contributed by atoms with Crippen LogP contribution in [0.25, 0.3) is 0 Å². The van der Waals surface area contributed by atoms with Gasteiger partial charge in [-0.3, -0.25) is 0 Å². The van der Waals surface area contributed by atoms with E-state index in [0.717, 1.165) is 0 Å². The van der Waals surface area contributed by atoms with Gasteiger partial charge < -0.3 is 14.6 Å². The smallest absolute Gasteiger partial charge is 0.612 e. The van der Waals surface area contributed by atoms with Crippen molar-refractivity contribution in [3.8, 4) is 0 Å². The minimum atomic E-state index is -0.750. The summed E-state index contributed by atoms with van der Waals surface area (Å²) in [5, 5.41) is 19.0. The van der Waals surface area contributed by atoms with Crippen LogP contribution in [0.2, 0.25) is 0 Å². The fraction of sp³-hybridized carbons (Fsp3) is 0.214. The first-order valence-electron chi connectivity index (χ1n) is 5.80. The second kappa shape index (κ2) is 8.39. The molecular formula is C14H14N2O4. The molecule has 0 heterocycles. The predicted molar refractivity (Wildman–Crippen MR) is 73.0 cm³/mol. The zero-order valence-corrected chi connectivity index (χ0v) is 11.0. The van der Waals surface area contributed by atoms with Crippen molar-refractivity contribution in [3.63, 3.8) is 0 Å². The highest BCUT2D eigenvalue weighted by Gasteiger charge is 2.14. The summed E-state index contributed by atoms with van der Waals surface area (Å²) in [6.07, 6.45) is 10.8. The largest absolute Gasteiger partial charge is 0.619 e. The average molecular weight is 274 g/mol. The fourth-order valence-electron chi connectivity index (χ4n) is 1.21. The molecule has 1 rings (SSSR count). The molecule has 0 radical (unpaired) electrons. The van der Waals surface area contributed by atoms with Crippen LogP contribution in [0.1, 0.15) is 6.42 Å². The van der Waals surface area contributed by atoms with E-state index in [1.165, 1.54) is 7.11 Å². The minimum Gasteiger partial charge on any atom is -0.612 e. The molecule has 104 valence electrons. The van der Waals surface area contributed by atoms with E-state index < -0.39 is 11.9 Å². The van der Waals surface area contributed by atoms with Crippen molar-refractivity contribution in [2.45, 2.75) is 6.42 Å². The van der Waals surface area contributed by atoms with Crippen molar-refractivity contribution in [1.82, 2.24) is 0 Å². The van der Waals surface area contributed by atoms with Gasteiger partial charge in [-0.05, 0) is 19.1 Å². The van der Waals surface area contributed by atoms with E-state index in [9.17, 15) is 9.90 Å². The van der Waals surface area contributed by atoms with Crippen LogP contribution in [-0.4, -0.2) is 31.6 Å². The van der Waals surface area contributed by atoms with Crippen LogP contribution in [0.5, 0.6) is 0 Å². The molecule has 6 nitrogen and oxygen atoms in total. The Labute approximate surface area is 117 Å². The van der Waals surface area contributed by atoms with Gasteiger partial charge in [0.25, 0.3) is 0 Å². The molecule has 0 N–H and O–H groups in total. The zero-order chi connectivity index (χ0) is 14.8. The molecule has 0 saturated heterocycles. The van der Waals surface area contributed by atoms with Crippen LogP contribution in [0.4, 0.5) is 0 Å². The standard InChI is InChI=1S/C14H14N2O4/c1-3-4-9-20-14(18)11-7-5-6-8-12(11)16-15-10-13(17)19-2/h3,5-8H,1,4,9H2,2H3. The summed E-state index contributed by atoms with van der Waals surface area (Å²) in [5.74, 6) is -1.26. The number of ether oxygens (including phenoxy) is 2. The predicted octanol–water partition coefficient (Wildman–Crippen LogP) is 0.754. The molecule has 0 atom stereocenters. The molecule has 6 heteroatoms. The number of methoxy groups -OCH3 is 1. The number of rotatable bonds is 6. The van der Waals surface area contributed by atoms with Gasteiger partial charge in [0.2, 0.25) is 0 Å². The average Bonchev–Trinajstić information content (AvgIpc) is 2.47. The van der Waals surface area contributed by atoms with Gasteiger partial charge in [0.15, 0.2) is 0 Å². The quantitative estimate of drug-likeness (QED) is 0.136. The van der Waals surface area contributed by atoms with Gasteiger partial charge in [-0.2, -0.15) is 4.79 Å². The number of hydrogen-bond acceptors (Lipinski definition) is 6. The Balaban J connectivity index is 2.84. The van der Waals surface area contributed by atoms with E-state index in [2.05, 4.69) is 21.5 Å². The van der Waals surface area contributed by atoms with E-state index in [4.69, 9.17) is 4.74 Å².